The fourth-order valence-electron chi connectivity index (χ4n) is 3.37. The van der Waals surface area contributed by atoms with E-state index in [2.05, 4.69) is 49.3 Å². The molecular formula is C21H28BrIN4O2. The second-order valence-electron chi connectivity index (χ2n) is 6.85. The third-order valence-corrected chi connectivity index (χ3v) is 5.40. The van der Waals surface area contributed by atoms with Gasteiger partial charge >= 0.3 is 0 Å². The normalized spacial score (nSPS) is 16.3. The van der Waals surface area contributed by atoms with Crippen LogP contribution in [0, 0.1) is 5.92 Å². The minimum atomic E-state index is 0. The molecule has 8 heteroatoms. The number of benzene rings is 2. The number of aliphatic imine (C=N–C) groups is 1. The third kappa shape index (κ3) is 6.67. The van der Waals surface area contributed by atoms with Crippen molar-refractivity contribution in [3.8, 4) is 11.5 Å². The summed E-state index contributed by atoms with van der Waals surface area (Å²) in [6, 6.07) is 14.2. The van der Waals surface area contributed by atoms with Crippen molar-refractivity contribution in [3.05, 3.63) is 52.5 Å². The van der Waals surface area contributed by atoms with Crippen molar-refractivity contribution in [2.45, 2.75) is 13.0 Å². The van der Waals surface area contributed by atoms with Gasteiger partial charge in [-0.15, -0.1) is 24.0 Å². The van der Waals surface area contributed by atoms with Crippen LogP contribution in [0.15, 0.2) is 51.9 Å². The summed E-state index contributed by atoms with van der Waals surface area (Å²) < 4.78 is 11.7. The van der Waals surface area contributed by atoms with Gasteiger partial charge in [0.2, 0.25) is 0 Å². The minimum absolute atomic E-state index is 0. The van der Waals surface area contributed by atoms with Gasteiger partial charge in [0.25, 0.3) is 0 Å². The number of ether oxygens (including phenoxy) is 2. The molecule has 1 aliphatic heterocycles. The van der Waals surface area contributed by atoms with E-state index in [1.165, 1.54) is 5.69 Å². The van der Waals surface area contributed by atoms with Crippen LogP contribution in [0.25, 0.3) is 0 Å². The van der Waals surface area contributed by atoms with Gasteiger partial charge in [-0.2, -0.15) is 0 Å². The molecule has 158 valence electrons. The Morgan fingerprint density at radius 2 is 2.00 bits per heavy atom. The zero-order valence-electron chi connectivity index (χ0n) is 16.7. The molecule has 1 atom stereocenters. The number of guanidine groups is 1. The lowest BCUT2D eigenvalue weighted by Crippen LogP contribution is -2.36. The van der Waals surface area contributed by atoms with Gasteiger partial charge in [-0.3, -0.25) is 0 Å². The molecule has 0 aromatic heterocycles. The van der Waals surface area contributed by atoms with E-state index in [0.29, 0.717) is 29.9 Å². The maximum Gasteiger partial charge on any atom is 0.188 e. The molecule has 0 aliphatic carbocycles. The van der Waals surface area contributed by atoms with Crippen molar-refractivity contribution in [3.63, 3.8) is 0 Å². The topological polar surface area (TPSA) is 72.1 Å². The molecule has 1 fully saturated rings. The number of rotatable bonds is 7. The van der Waals surface area contributed by atoms with Crippen LogP contribution in [0.2, 0.25) is 0 Å². The van der Waals surface area contributed by atoms with Crippen LogP contribution < -0.4 is 25.4 Å². The largest absolute Gasteiger partial charge is 0.493 e. The van der Waals surface area contributed by atoms with Gasteiger partial charge in [0.15, 0.2) is 17.5 Å². The van der Waals surface area contributed by atoms with Crippen molar-refractivity contribution < 1.29 is 9.47 Å². The van der Waals surface area contributed by atoms with Crippen molar-refractivity contribution in [2.75, 3.05) is 38.8 Å². The molecule has 1 heterocycles. The molecule has 2 aromatic carbocycles. The number of anilines is 1. The van der Waals surface area contributed by atoms with Gasteiger partial charge < -0.3 is 25.4 Å². The zero-order valence-corrected chi connectivity index (χ0v) is 20.6. The summed E-state index contributed by atoms with van der Waals surface area (Å²) in [4.78, 5) is 6.85. The highest BCUT2D eigenvalue weighted by Crippen LogP contribution is 2.28. The lowest BCUT2D eigenvalue weighted by molar-refractivity contribution is 0.354. The SMILES string of the molecule is COc1ccc(CN=C(N)NCC2CCN(c3cccc(Br)c3)C2)cc1OC.I. The van der Waals surface area contributed by atoms with E-state index in [9.17, 15) is 0 Å². The molecule has 6 nitrogen and oxygen atoms in total. The smallest absolute Gasteiger partial charge is 0.188 e. The van der Waals surface area contributed by atoms with E-state index in [-0.39, 0.29) is 24.0 Å². The number of methoxy groups -OCH3 is 2. The summed E-state index contributed by atoms with van der Waals surface area (Å²) in [6.45, 7) is 3.40. The molecule has 0 spiro atoms. The van der Waals surface area contributed by atoms with Crippen molar-refractivity contribution in [1.29, 1.82) is 0 Å². The Bertz CT molecular complexity index is 834. The molecule has 0 radical (unpaired) electrons. The Balaban J connectivity index is 0.00000300. The lowest BCUT2D eigenvalue weighted by Gasteiger charge is -2.19. The van der Waals surface area contributed by atoms with Crippen LogP contribution in [0.3, 0.4) is 0 Å². The molecule has 3 N–H and O–H groups in total. The summed E-state index contributed by atoms with van der Waals surface area (Å²) in [6.07, 6.45) is 1.14. The lowest BCUT2D eigenvalue weighted by atomic mass is 10.1. The molecule has 0 bridgehead atoms. The van der Waals surface area contributed by atoms with Crippen molar-refractivity contribution >= 4 is 51.6 Å². The third-order valence-electron chi connectivity index (χ3n) is 4.91. The number of nitrogens with two attached hydrogens (primary N) is 1. The Hall–Kier alpha value is -1.68. The highest BCUT2D eigenvalue weighted by Gasteiger charge is 2.22. The molecular weight excluding hydrogens is 547 g/mol. The molecule has 1 saturated heterocycles. The number of nitrogens with one attached hydrogen (secondary N) is 1. The first-order chi connectivity index (χ1) is 13.6. The van der Waals surface area contributed by atoms with Gasteiger partial charge in [-0.05, 0) is 48.2 Å². The first kappa shape index (κ1) is 23.6. The maximum atomic E-state index is 6.06. The van der Waals surface area contributed by atoms with Gasteiger partial charge in [0, 0.05) is 29.8 Å². The van der Waals surface area contributed by atoms with Crippen molar-refractivity contribution in [2.24, 2.45) is 16.6 Å². The summed E-state index contributed by atoms with van der Waals surface area (Å²) in [5.41, 5.74) is 8.33. The second-order valence-corrected chi connectivity index (χ2v) is 7.77. The summed E-state index contributed by atoms with van der Waals surface area (Å²) in [5, 5.41) is 3.27. The highest BCUT2D eigenvalue weighted by atomic mass is 127. The quantitative estimate of drug-likeness (QED) is 0.297. The van der Waals surface area contributed by atoms with Crippen LogP contribution in [0.5, 0.6) is 11.5 Å². The van der Waals surface area contributed by atoms with E-state index >= 15 is 0 Å². The second kappa shape index (κ2) is 11.5. The predicted octanol–water partition coefficient (Wildman–Crippen LogP) is 4.02. The Labute approximate surface area is 198 Å². The standard InChI is InChI=1S/C21H27BrN4O2.HI/c1-27-19-7-6-15(10-20(19)28-2)12-24-21(23)25-13-16-8-9-26(14-16)18-5-3-4-17(22)11-18;/h3-7,10-11,16H,8-9,12-14H2,1-2H3,(H3,23,24,25);1H. The zero-order chi connectivity index (χ0) is 19.9. The van der Waals surface area contributed by atoms with Crippen LogP contribution >= 0.6 is 39.9 Å². The number of hydrogen-bond acceptors (Lipinski definition) is 4. The Kier molecular flexibility index (Phi) is 9.35. The van der Waals surface area contributed by atoms with Gasteiger partial charge in [0.1, 0.15) is 0 Å². The van der Waals surface area contributed by atoms with Crippen LogP contribution in [0.4, 0.5) is 5.69 Å². The Morgan fingerprint density at radius 3 is 2.72 bits per heavy atom. The average molecular weight is 575 g/mol. The fraction of sp³-hybridized carbons (Fsp3) is 0.381. The molecule has 2 aromatic rings. The predicted molar refractivity (Wildman–Crippen MR) is 133 cm³/mol. The maximum absolute atomic E-state index is 6.06. The average Bonchev–Trinajstić information content (AvgIpc) is 3.19. The van der Waals surface area contributed by atoms with Gasteiger partial charge in [-0.1, -0.05) is 28.1 Å². The number of halogens is 2. The summed E-state index contributed by atoms with van der Waals surface area (Å²) in [7, 11) is 3.25. The van der Waals surface area contributed by atoms with E-state index < -0.39 is 0 Å². The molecule has 1 unspecified atom stereocenters. The number of nitrogens with zero attached hydrogens (tertiary/aromatic N) is 2. The fourth-order valence-corrected chi connectivity index (χ4v) is 3.75. The summed E-state index contributed by atoms with van der Waals surface area (Å²) in [5.74, 6) is 2.42. The van der Waals surface area contributed by atoms with Crippen LogP contribution in [0.1, 0.15) is 12.0 Å². The van der Waals surface area contributed by atoms with E-state index in [1.807, 2.05) is 24.3 Å². The van der Waals surface area contributed by atoms with E-state index in [4.69, 9.17) is 15.2 Å². The minimum Gasteiger partial charge on any atom is -0.493 e. The first-order valence-corrected chi connectivity index (χ1v) is 10.1. The highest BCUT2D eigenvalue weighted by molar-refractivity contribution is 14.0. The molecule has 0 amide bonds. The Morgan fingerprint density at radius 1 is 1.21 bits per heavy atom. The van der Waals surface area contributed by atoms with Crippen LogP contribution in [-0.2, 0) is 6.54 Å². The molecule has 29 heavy (non-hydrogen) atoms. The summed E-state index contributed by atoms with van der Waals surface area (Å²) >= 11 is 3.54. The molecule has 3 rings (SSSR count). The molecule has 0 saturated carbocycles. The first-order valence-electron chi connectivity index (χ1n) is 9.34. The van der Waals surface area contributed by atoms with Gasteiger partial charge in [0.05, 0.1) is 20.8 Å². The van der Waals surface area contributed by atoms with Crippen molar-refractivity contribution in [1.82, 2.24) is 5.32 Å². The van der Waals surface area contributed by atoms with Gasteiger partial charge in [-0.25, -0.2) is 4.99 Å². The van der Waals surface area contributed by atoms with E-state index in [0.717, 1.165) is 36.1 Å². The number of hydrogen-bond donors (Lipinski definition) is 2. The van der Waals surface area contributed by atoms with E-state index in [1.54, 1.807) is 14.2 Å². The molecule has 1 aliphatic rings. The monoisotopic (exact) mass is 574 g/mol. The van der Waals surface area contributed by atoms with Crippen LogP contribution in [-0.4, -0.2) is 39.8 Å².